The Balaban J connectivity index is 1.84. The zero-order chi connectivity index (χ0) is 15.1. The van der Waals surface area contributed by atoms with Crippen LogP contribution in [-0.2, 0) is 24.2 Å². The molecule has 0 saturated heterocycles. The Kier molecular flexibility index (Phi) is 3.17. The minimum atomic E-state index is 0.438. The van der Waals surface area contributed by atoms with Crippen LogP contribution in [-0.4, -0.2) is 21.7 Å². The zero-order valence-corrected chi connectivity index (χ0v) is 13.0. The van der Waals surface area contributed by atoms with Crippen molar-refractivity contribution in [2.24, 2.45) is 0 Å². The van der Waals surface area contributed by atoms with Gasteiger partial charge < -0.3 is 4.74 Å². The van der Waals surface area contributed by atoms with Crippen molar-refractivity contribution < 1.29 is 4.74 Å². The van der Waals surface area contributed by atoms with Crippen LogP contribution >= 0.6 is 11.3 Å². The predicted octanol–water partition coefficient (Wildman–Crippen LogP) is 2.96. The van der Waals surface area contributed by atoms with Gasteiger partial charge in [0.1, 0.15) is 16.8 Å². The Bertz CT molecular complexity index is 903. The summed E-state index contributed by atoms with van der Waals surface area (Å²) in [6, 6.07) is 8.64. The Morgan fingerprint density at radius 1 is 1.36 bits per heavy atom. The molecule has 1 aliphatic carbocycles. The molecular formula is C16H14N4OS. The third-order valence-electron chi connectivity index (χ3n) is 3.99. The first-order chi connectivity index (χ1) is 10.8. The maximum absolute atomic E-state index is 9.52. The van der Waals surface area contributed by atoms with Gasteiger partial charge in [0.15, 0.2) is 5.69 Å². The van der Waals surface area contributed by atoms with Crippen LogP contribution in [0.4, 0.5) is 0 Å². The van der Waals surface area contributed by atoms with Crippen molar-refractivity contribution in [1.29, 1.82) is 5.26 Å². The van der Waals surface area contributed by atoms with Gasteiger partial charge in [0.25, 0.3) is 0 Å². The van der Waals surface area contributed by atoms with E-state index in [-0.39, 0.29) is 0 Å². The molecule has 0 N–H and O–H groups in total. The number of fused-ring (bicyclic) bond motifs is 2. The number of imidazole rings is 1. The lowest BCUT2D eigenvalue weighted by molar-refractivity contribution is 0.183. The van der Waals surface area contributed by atoms with Gasteiger partial charge in [-0.15, -0.1) is 0 Å². The van der Waals surface area contributed by atoms with Crippen molar-refractivity contribution in [3.05, 3.63) is 40.0 Å². The molecule has 2 heterocycles. The van der Waals surface area contributed by atoms with E-state index in [0.717, 1.165) is 34.1 Å². The third kappa shape index (κ3) is 2.02. The zero-order valence-electron chi connectivity index (χ0n) is 12.2. The van der Waals surface area contributed by atoms with Gasteiger partial charge in [-0.1, -0.05) is 23.5 Å². The van der Waals surface area contributed by atoms with Crippen molar-refractivity contribution >= 4 is 16.3 Å². The fourth-order valence-corrected chi connectivity index (χ4v) is 3.86. The summed E-state index contributed by atoms with van der Waals surface area (Å²) in [5.74, 6) is 0. The Hall–Kier alpha value is -2.23. The normalized spacial score (nSPS) is 13.5. The average Bonchev–Trinajstić information content (AvgIpc) is 3.19. The Morgan fingerprint density at radius 2 is 2.23 bits per heavy atom. The number of methoxy groups -OCH3 is 1. The lowest BCUT2D eigenvalue weighted by atomic mass is 10.0. The molecule has 3 aromatic rings. The molecule has 0 atom stereocenters. The number of hydrogen-bond donors (Lipinski definition) is 0. The average molecular weight is 310 g/mol. The van der Waals surface area contributed by atoms with Crippen LogP contribution in [0.25, 0.3) is 16.2 Å². The summed E-state index contributed by atoms with van der Waals surface area (Å²) in [4.78, 5) is 5.36. The van der Waals surface area contributed by atoms with E-state index in [9.17, 15) is 5.26 Å². The highest BCUT2D eigenvalue weighted by Crippen LogP contribution is 2.31. The number of nitrogens with zero attached hydrogens (tertiary/aromatic N) is 4. The summed E-state index contributed by atoms with van der Waals surface area (Å²) in [6.45, 7) is 0.438. The van der Waals surface area contributed by atoms with Gasteiger partial charge in [-0.3, -0.25) is 0 Å². The minimum Gasteiger partial charge on any atom is -0.377 e. The van der Waals surface area contributed by atoms with Crippen LogP contribution < -0.4 is 0 Å². The van der Waals surface area contributed by atoms with Crippen LogP contribution in [0.15, 0.2) is 18.2 Å². The molecule has 0 spiro atoms. The van der Waals surface area contributed by atoms with Crippen molar-refractivity contribution in [3.63, 3.8) is 0 Å². The second kappa shape index (κ2) is 5.20. The topological polar surface area (TPSA) is 63.2 Å². The van der Waals surface area contributed by atoms with Crippen molar-refractivity contribution in [2.45, 2.75) is 25.9 Å². The number of ether oxygens (including phenoxy) is 1. The van der Waals surface area contributed by atoms with E-state index in [1.165, 1.54) is 28.9 Å². The second-order valence-electron chi connectivity index (χ2n) is 5.38. The monoisotopic (exact) mass is 310 g/mol. The summed E-state index contributed by atoms with van der Waals surface area (Å²) >= 11 is 1.46. The number of nitriles is 1. The molecule has 0 bridgehead atoms. The van der Waals surface area contributed by atoms with E-state index in [2.05, 4.69) is 34.4 Å². The van der Waals surface area contributed by atoms with E-state index < -0.39 is 0 Å². The number of hydrogen-bond acceptors (Lipinski definition) is 5. The molecule has 0 saturated carbocycles. The number of aryl methyl sites for hydroxylation is 2. The lowest BCUT2D eigenvalue weighted by Crippen LogP contribution is -1.94. The largest absolute Gasteiger partial charge is 0.377 e. The summed E-state index contributed by atoms with van der Waals surface area (Å²) in [5, 5.41) is 14.8. The molecule has 22 heavy (non-hydrogen) atoms. The van der Waals surface area contributed by atoms with Crippen molar-refractivity contribution in [1.82, 2.24) is 14.6 Å². The van der Waals surface area contributed by atoms with Gasteiger partial charge in [-0.2, -0.15) is 14.9 Å². The van der Waals surface area contributed by atoms with Gasteiger partial charge >= 0.3 is 0 Å². The molecule has 1 aromatic carbocycles. The van der Waals surface area contributed by atoms with Gasteiger partial charge in [0.2, 0.25) is 4.96 Å². The number of aromatic nitrogens is 3. The molecule has 0 unspecified atom stereocenters. The van der Waals surface area contributed by atoms with E-state index in [0.29, 0.717) is 12.3 Å². The first-order valence-corrected chi connectivity index (χ1v) is 8.01. The predicted molar refractivity (Wildman–Crippen MR) is 83.8 cm³/mol. The fraction of sp³-hybridized carbons (Fsp3) is 0.312. The number of benzene rings is 1. The fourth-order valence-electron chi connectivity index (χ4n) is 2.99. The van der Waals surface area contributed by atoms with Crippen LogP contribution in [0.3, 0.4) is 0 Å². The first kappa shape index (κ1) is 13.4. The lowest BCUT2D eigenvalue weighted by Gasteiger charge is -2.02. The van der Waals surface area contributed by atoms with Crippen LogP contribution in [0.1, 0.15) is 28.2 Å². The van der Waals surface area contributed by atoms with Gasteiger partial charge in [-0.25, -0.2) is 4.98 Å². The molecule has 2 aromatic heterocycles. The van der Waals surface area contributed by atoms with Crippen LogP contribution in [0, 0.1) is 11.3 Å². The van der Waals surface area contributed by atoms with Gasteiger partial charge in [-0.05, 0) is 36.5 Å². The SMILES string of the molecule is COCc1nn2c(C#N)c(-c3ccc4c(c3)CCC4)nc2s1. The summed E-state index contributed by atoms with van der Waals surface area (Å²) in [5.41, 5.74) is 5.02. The molecule has 1 aliphatic rings. The van der Waals surface area contributed by atoms with Crippen LogP contribution in [0.2, 0.25) is 0 Å². The summed E-state index contributed by atoms with van der Waals surface area (Å²) in [6.07, 6.45) is 3.48. The van der Waals surface area contributed by atoms with E-state index in [1.807, 2.05) is 0 Å². The van der Waals surface area contributed by atoms with E-state index in [1.54, 1.807) is 11.6 Å². The van der Waals surface area contributed by atoms with Gasteiger partial charge in [0.05, 0.1) is 6.61 Å². The molecule has 0 fully saturated rings. The maximum atomic E-state index is 9.52. The molecule has 110 valence electrons. The van der Waals surface area contributed by atoms with E-state index in [4.69, 9.17) is 4.74 Å². The molecule has 5 nitrogen and oxygen atoms in total. The smallest absolute Gasteiger partial charge is 0.214 e. The first-order valence-electron chi connectivity index (χ1n) is 7.20. The maximum Gasteiger partial charge on any atom is 0.214 e. The van der Waals surface area contributed by atoms with Crippen molar-refractivity contribution in [2.75, 3.05) is 7.11 Å². The highest BCUT2D eigenvalue weighted by molar-refractivity contribution is 7.16. The second-order valence-corrected chi connectivity index (χ2v) is 6.42. The van der Waals surface area contributed by atoms with Crippen LogP contribution in [0.5, 0.6) is 0 Å². The minimum absolute atomic E-state index is 0.438. The molecule has 0 radical (unpaired) electrons. The molecule has 0 aliphatic heterocycles. The standard InChI is InChI=1S/C16H14N4OS/c1-21-9-14-19-20-13(8-17)15(18-16(20)22-14)12-6-5-10-3-2-4-11(10)7-12/h5-7H,2-4,9H2,1H3. The quantitative estimate of drug-likeness (QED) is 0.746. The molecule has 4 rings (SSSR count). The molecule has 6 heteroatoms. The summed E-state index contributed by atoms with van der Waals surface area (Å²) in [7, 11) is 1.63. The molecule has 0 amide bonds. The highest BCUT2D eigenvalue weighted by atomic mass is 32.1. The Morgan fingerprint density at radius 3 is 3.05 bits per heavy atom. The highest BCUT2D eigenvalue weighted by Gasteiger charge is 2.19. The van der Waals surface area contributed by atoms with Crippen molar-refractivity contribution in [3.8, 4) is 17.3 Å². The summed E-state index contributed by atoms with van der Waals surface area (Å²) < 4.78 is 6.72. The third-order valence-corrected chi connectivity index (χ3v) is 4.87. The Labute approximate surface area is 131 Å². The number of rotatable bonds is 3. The van der Waals surface area contributed by atoms with E-state index >= 15 is 0 Å². The molecular weight excluding hydrogens is 296 g/mol. The van der Waals surface area contributed by atoms with Gasteiger partial charge in [0, 0.05) is 12.7 Å².